The number of para-hydroxylation sites is 1. The maximum Gasteiger partial charge on any atom is 0.242 e. The van der Waals surface area contributed by atoms with Gasteiger partial charge in [0, 0.05) is 27.3 Å². The van der Waals surface area contributed by atoms with Gasteiger partial charge in [-0.15, -0.1) is 0 Å². The quantitative estimate of drug-likeness (QED) is 0.632. The van der Waals surface area contributed by atoms with Gasteiger partial charge >= 0.3 is 0 Å². The zero-order valence-corrected chi connectivity index (χ0v) is 12.7. The molecule has 0 heterocycles. The number of nitrogens with one attached hydrogen (secondary N) is 2. The van der Waals surface area contributed by atoms with E-state index in [2.05, 4.69) is 10.0 Å². The molecule has 2 N–H and O–H groups in total. The van der Waals surface area contributed by atoms with Crippen molar-refractivity contribution in [1.82, 2.24) is 4.72 Å². The molecule has 0 aliphatic carbocycles. The largest absolute Gasteiger partial charge is 0.387 e. The summed E-state index contributed by atoms with van der Waals surface area (Å²) in [6.45, 7) is 1.90. The third-order valence-corrected chi connectivity index (χ3v) is 4.15. The molecule has 0 bridgehead atoms. The Kier molecular flexibility index (Phi) is 7.53. The number of rotatable bonds is 10. The fraction of sp³-hybridized carbons (Fsp3) is 0.538. The highest BCUT2D eigenvalue weighted by molar-refractivity contribution is 7.89. The van der Waals surface area contributed by atoms with E-state index in [1.165, 1.54) is 0 Å². The van der Waals surface area contributed by atoms with Crippen LogP contribution in [0, 0.1) is 0 Å². The van der Waals surface area contributed by atoms with Crippen molar-refractivity contribution in [2.24, 2.45) is 0 Å². The fourth-order valence-electron chi connectivity index (χ4n) is 1.61. The van der Waals surface area contributed by atoms with E-state index in [-0.39, 0.29) is 4.90 Å². The normalized spacial score (nSPS) is 11.5. The van der Waals surface area contributed by atoms with Crippen LogP contribution in [-0.4, -0.2) is 48.9 Å². The summed E-state index contributed by atoms with van der Waals surface area (Å²) < 4.78 is 36.9. The van der Waals surface area contributed by atoms with Crippen LogP contribution in [0.1, 0.15) is 6.42 Å². The molecular formula is C13H22N2O4S. The molecule has 0 unspecified atom stereocenters. The van der Waals surface area contributed by atoms with Gasteiger partial charge in [-0.1, -0.05) is 12.1 Å². The highest BCUT2D eigenvalue weighted by atomic mass is 32.2. The average Bonchev–Trinajstić information content (AvgIpc) is 2.46. The van der Waals surface area contributed by atoms with E-state index in [0.29, 0.717) is 38.5 Å². The van der Waals surface area contributed by atoms with Crippen molar-refractivity contribution in [1.29, 1.82) is 0 Å². The molecule has 0 fully saturated rings. The SMILES string of the molecule is CNc1ccccc1S(=O)(=O)NCCCOCCOC. The van der Waals surface area contributed by atoms with Crippen LogP contribution in [-0.2, 0) is 19.5 Å². The zero-order chi connectivity index (χ0) is 14.8. The third kappa shape index (κ3) is 5.46. The Balaban J connectivity index is 2.42. The van der Waals surface area contributed by atoms with E-state index in [1.54, 1.807) is 38.4 Å². The predicted molar refractivity (Wildman–Crippen MR) is 78.5 cm³/mol. The summed E-state index contributed by atoms with van der Waals surface area (Å²) in [6, 6.07) is 6.78. The molecule has 1 aromatic rings. The number of sulfonamides is 1. The van der Waals surface area contributed by atoms with Gasteiger partial charge in [-0.3, -0.25) is 0 Å². The summed E-state index contributed by atoms with van der Waals surface area (Å²) in [7, 11) is -0.193. The van der Waals surface area contributed by atoms with E-state index >= 15 is 0 Å². The Morgan fingerprint density at radius 3 is 2.60 bits per heavy atom. The van der Waals surface area contributed by atoms with Gasteiger partial charge in [0.1, 0.15) is 4.90 Å². The number of hydrogen-bond acceptors (Lipinski definition) is 5. The van der Waals surface area contributed by atoms with Gasteiger partial charge in [0.15, 0.2) is 0 Å². The lowest BCUT2D eigenvalue weighted by atomic mass is 10.3. The van der Waals surface area contributed by atoms with Crippen molar-refractivity contribution in [2.45, 2.75) is 11.3 Å². The van der Waals surface area contributed by atoms with E-state index in [4.69, 9.17) is 9.47 Å². The van der Waals surface area contributed by atoms with Gasteiger partial charge in [-0.05, 0) is 18.6 Å². The van der Waals surface area contributed by atoms with Crippen molar-refractivity contribution in [3.05, 3.63) is 24.3 Å². The van der Waals surface area contributed by atoms with Crippen LogP contribution in [0.3, 0.4) is 0 Å². The first-order valence-electron chi connectivity index (χ1n) is 6.45. The van der Waals surface area contributed by atoms with Crippen LogP contribution < -0.4 is 10.0 Å². The molecule has 0 spiro atoms. The molecular weight excluding hydrogens is 280 g/mol. The molecule has 0 radical (unpaired) electrons. The maximum atomic E-state index is 12.1. The lowest BCUT2D eigenvalue weighted by Crippen LogP contribution is -2.26. The first-order chi connectivity index (χ1) is 9.61. The van der Waals surface area contributed by atoms with Gasteiger partial charge in [0.05, 0.1) is 18.9 Å². The second-order valence-corrected chi connectivity index (χ2v) is 5.84. The molecule has 6 nitrogen and oxygen atoms in total. The second kappa shape index (κ2) is 8.91. The van der Waals surface area contributed by atoms with Crippen LogP contribution in [0.2, 0.25) is 0 Å². The Hall–Kier alpha value is -1.15. The monoisotopic (exact) mass is 302 g/mol. The molecule has 0 aromatic heterocycles. The molecule has 114 valence electrons. The molecule has 1 rings (SSSR count). The molecule has 20 heavy (non-hydrogen) atoms. The Morgan fingerprint density at radius 1 is 1.15 bits per heavy atom. The van der Waals surface area contributed by atoms with Crippen LogP contribution in [0.4, 0.5) is 5.69 Å². The lowest BCUT2D eigenvalue weighted by Gasteiger charge is -2.11. The van der Waals surface area contributed by atoms with E-state index in [9.17, 15) is 8.42 Å². The Morgan fingerprint density at radius 2 is 1.90 bits per heavy atom. The van der Waals surface area contributed by atoms with Gasteiger partial charge in [-0.2, -0.15) is 0 Å². The first kappa shape index (κ1) is 16.9. The standard InChI is InChI=1S/C13H22N2O4S/c1-14-12-6-3-4-7-13(12)20(16,17)15-8-5-9-19-11-10-18-2/h3-4,6-7,14-15H,5,8-11H2,1-2H3. The average molecular weight is 302 g/mol. The number of ether oxygens (including phenoxy) is 2. The molecule has 7 heteroatoms. The smallest absolute Gasteiger partial charge is 0.242 e. The fourth-order valence-corrected chi connectivity index (χ4v) is 2.90. The topological polar surface area (TPSA) is 76.7 Å². The number of methoxy groups -OCH3 is 1. The number of benzene rings is 1. The number of hydrogen-bond donors (Lipinski definition) is 2. The molecule has 0 saturated heterocycles. The summed E-state index contributed by atoms with van der Waals surface area (Å²) in [6.07, 6.45) is 0.616. The molecule has 0 atom stereocenters. The molecule has 0 aliphatic rings. The van der Waals surface area contributed by atoms with Crippen molar-refractivity contribution in [2.75, 3.05) is 45.8 Å². The van der Waals surface area contributed by atoms with Gasteiger partial charge < -0.3 is 14.8 Å². The van der Waals surface area contributed by atoms with Crippen molar-refractivity contribution in [3.63, 3.8) is 0 Å². The predicted octanol–water partition coefficient (Wildman–Crippen LogP) is 1.06. The summed E-state index contributed by atoms with van der Waals surface area (Å²) in [4.78, 5) is 0.253. The van der Waals surface area contributed by atoms with Gasteiger partial charge in [-0.25, -0.2) is 13.1 Å². The first-order valence-corrected chi connectivity index (χ1v) is 7.93. The highest BCUT2D eigenvalue weighted by Gasteiger charge is 2.16. The minimum absolute atomic E-state index is 0.253. The van der Waals surface area contributed by atoms with Crippen molar-refractivity contribution >= 4 is 15.7 Å². The number of anilines is 1. The lowest BCUT2D eigenvalue weighted by molar-refractivity contribution is 0.0699. The molecule has 0 saturated carbocycles. The molecule has 0 amide bonds. The summed E-state index contributed by atoms with van der Waals surface area (Å²) >= 11 is 0. The van der Waals surface area contributed by atoms with E-state index in [0.717, 1.165) is 0 Å². The summed E-state index contributed by atoms with van der Waals surface area (Å²) in [5, 5.41) is 2.87. The van der Waals surface area contributed by atoms with Crippen LogP contribution in [0.5, 0.6) is 0 Å². The van der Waals surface area contributed by atoms with Gasteiger partial charge in [0.2, 0.25) is 10.0 Å². The van der Waals surface area contributed by atoms with Gasteiger partial charge in [0.25, 0.3) is 0 Å². The Bertz CT molecular complexity index is 491. The van der Waals surface area contributed by atoms with E-state index in [1.807, 2.05) is 0 Å². The Labute approximate surface area is 120 Å². The van der Waals surface area contributed by atoms with Crippen LogP contribution in [0.25, 0.3) is 0 Å². The zero-order valence-electron chi connectivity index (χ0n) is 11.9. The summed E-state index contributed by atoms with van der Waals surface area (Å²) in [5.74, 6) is 0. The second-order valence-electron chi connectivity index (χ2n) is 4.10. The van der Waals surface area contributed by atoms with E-state index < -0.39 is 10.0 Å². The highest BCUT2D eigenvalue weighted by Crippen LogP contribution is 2.19. The van der Waals surface area contributed by atoms with Crippen molar-refractivity contribution in [3.8, 4) is 0 Å². The van der Waals surface area contributed by atoms with Crippen LogP contribution in [0.15, 0.2) is 29.2 Å². The molecule has 0 aliphatic heterocycles. The minimum atomic E-state index is -3.49. The minimum Gasteiger partial charge on any atom is -0.387 e. The maximum absolute atomic E-state index is 12.1. The third-order valence-electron chi connectivity index (χ3n) is 2.64. The summed E-state index contributed by atoms with van der Waals surface area (Å²) in [5.41, 5.74) is 0.580. The van der Waals surface area contributed by atoms with Crippen LogP contribution >= 0.6 is 0 Å². The molecule has 1 aromatic carbocycles. The van der Waals surface area contributed by atoms with Crippen molar-refractivity contribution < 1.29 is 17.9 Å².